The monoisotopic (exact) mass is 410 g/mol. The molecule has 2 heterocycles. The first kappa shape index (κ1) is 20.5. The molecule has 1 N–H and O–H groups in total. The fourth-order valence-electron chi connectivity index (χ4n) is 4.15. The second kappa shape index (κ2) is 8.56. The quantitative estimate of drug-likeness (QED) is 0.779. The van der Waals surface area contributed by atoms with Crippen LogP contribution < -0.4 is 19.7 Å². The highest BCUT2D eigenvalue weighted by Gasteiger charge is 2.32. The Morgan fingerprint density at radius 1 is 1.17 bits per heavy atom. The average Bonchev–Trinajstić information content (AvgIpc) is 3.07. The van der Waals surface area contributed by atoms with Crippen LogP contribution in [0.25, 0.3) is 0 Å². The third-order valence-electron chi connectivity index (χ3n) is 5.71. The van der Waals surface area contributed by atoms with Crippen LogP contribution in [-0.4, -0.2) is 44.4 Å². The summed E-state index contributed by atoms with van der Waals surface area (Å²) in [5, 5.41) is 2.90. The molecule has 0 spiro atoms. The molecule has 160 valence electrons. The van der Waals surface area contributed by atoms with E-state index >= 15 is 0 Å². The summed E-state index contributed by atoms with van der Waals surface area (Å²) >= 11 is 0. The second-order valence-electron chi connectivity index (χ2n) is 8.59. The van der Waals surface area contributed by atoms with Crippen molar-refractivity contribution in [2.45, 2.75) is 44.8 Å². The van der Waals surface area contributed by atoms with E-state index in [2.05, 4.69) is 10.2 Å². The second-order valence-corrected chi connectivity index (χ2v) is 8.59. The molecule has 6 heteroatoms. The van der Waals surface area contributed by atoms with Crippen LogP contribution in [0.4, 0.5) is 11.4 Å². The molecule has 0 bridgehead atoms. The van der Waals surface area contributed by atoms with Gasteiger partial charge in [0, 0.05) is 43.6 Å². The van der Waals surface area contributed by atoms with Gasteiger partial charge < -0.3 is 24.4 Å². The maximum absolute atomic E-state index is 12.4. The summed E-state index contributed by atoms with van der Waals surface area (Å²) in [5.41, 5.74) is 2.79. The lowest BCUT2D eigenvalue weighted by Gasteiger charge is -2.33. The topological polar surface area (TPSA) is 60.0 Å². The van der Waals surface area contributed by atoms with Crippen molar-refractivity contribution in [1.82, 2.24) is 0 Å². The Labute approximate surface area is 178 Å². The van der Waals surface area contributed by atoms with Crippen molar-refractivity contribution >= 4 is 17.3 Å². The molecule has 4 rings (SSSR count). The molecule has 0 aromatic heterocycles. The van der Waals surface area contributed by atoms with Crippen LogP contribution >= 0.6 is 0 Å². The molecule has 2 aromatic carbocycles. The number of ether oxygens (including phenoxy) is 3. The number of amides is 1. The third-order valence-corrected chi connectivity index (χ3v) is 5.71. The number of nitrogens with zero attached hydrogens (tertiary/aromatic N) is 1. The summed E-state index contributed by atoms with van der Waals surface area (Å²) in [7, 11) is 1.78. The number of hydrogen-bond acceptors (Lipinski definition) is 5. The van der Waals surface area contributed by atoms with E-state index in [4.69, 9.17) is 14.2 Å². The molecular formula is C24H30N2O4. The minimum absolute atomic E-state index is 0.0630. The van der Waals surface area contributed by atoms with Crippen molar-refractivity contribution in [2.24, 2.45) is 0 Å². The standard InChI is InChI=1S/C24H30N2O4/c1-24(2)15-17-5-4-6-21(23(17)30-24)29-16-22(27)25-18-7-9-19(10-8-18)26-13-11-20(28-3)12-14-26/h4-10,20H,11-16H2,1-3H3,(H,25,27). The van der Waals surface area contributed by atoms with E-state index in [1.165, 1.54) is 5.69 Å². The molecule has 0 radical (unpaired) electrons. The van der Waals surface area contributed by atoms with Crippen molar-refractivity contribution in [3.63, 3.8) is 0 Å². The van der Waals surface area contributed by atoms with Gasteiger partial charge in [-0.15, -0.1) is 0 Å². The van der Waals surface area contributed by atoms with E-state index in [1.807, 2.05) is 56.3 Å². The molecule has 1 amide bonds. The van der Waals surface area contributed by atoms with E-state index < -0.39 is 0 Å². The van der Waals surface area contributed by atoms with Gasteiger partial charge in [0.1, 0.15) is 5.60 Å². The smallest absolute Gasteiger partial charge is 0.262 e. The lowest BCUT2D eigenvalue weighted by atomic mass is 10.0. The number of fused-ring (bicyclic) bond motifs is 1. The minimum atomic E-state index is -0.245. The average molecular weight is 411 g/mol. The van der Waals surface area contributed by atoms with Crippen molar-refractivity contribution in [1.29, 1.82) is 0 Å². The number of anilines is 2. The number of rotatable bonds is 6. The molecule has 0 unspecified atom stereocenters. The predicted octanol–water partition coefficient (Wildman–Crippen LogP) is 4.03. The molecule has 0 saturated carbocycles. The summed E-state index contributed by atoms with van der Waals surface area (Å²) < 4.78 is 17.2. The summed E-state index contributed by atoms with van der Waals surface area (Å²) in [6.07, 6.45) is 3.27. The number of carbonyl (C=O) groups excluding carboxylic acids is 1. The number of para-hydroxylation sites is 1. The van der Waals surface area contributed by atoms with E-state index in [0.717, 1.165) is 49.4 Å². The number of nitrogens with one attached hydrogen (secondary N) is 1. The molecule has 0 aliphatic carbocycles. The van der Waals surface area contributed by atoms with Gasteiger partial charge in [0.25, 0.3) is 5.91 Å². The van der Waals surface area contributed by atoms with Crippen LogP contribution in [0.3, 0.4) is 0 Å². The first-order valence-electron chi connectivity index (χ1n) is 10.5. The molecule has 2 aliphatic rings. The van der Waals surface area contributed by atoms with Crippen LogP contribution in [0.15, 0.2) is 42.5 Å². The first-order chi connectivity index (χ1) is 14.4. The number of benzene rings is 2. The number of carbonyl (C=O) groups is 1. The molecule has 1 saturated heterocycles. The SMILES string of the molecule is COC1CCN(c2ccc(NC(=O)COc3cccc4c3OC(C)(C)C4)cc2)CC1. The fourth-order valence-corrected chi connectivity index (χ4v) is 4.15. The van der Waals surface area contributed by atoms with Gasteiger partial charge in [0.05, 0.1) is 6.10 Å². The molecular weight excluding hydrogens is 380 g/mol. The van der Waals surface area contributed by atoms with Gasteiger partial charge in [-0.05, 0) is 57.0 Å². The fraction of sp³-hybridized carbons (Fsp3) is 0.458. The Morgan fingerprint density at radius 3 is 2.60 bits per heavy atom. The van der Waals surface area contributed by atoms with E-state index in [1.54, 1.807) is 7.11 Å². The highest BCUT2D eigenvalue weighted by Crippen LogP contribution is 2.41. The predicted molar refractivity (Wildman–Crippen MR) is 118 cm³/mol. The summed E-state index contributed by atoms with van der Waals surface area (Å²) in [6.45, 7) is 6.00. The zero-order valence-electron chi connectivity index (χ0n) is 17.9. The van der Waals surface area contributed by atoms with Crippen molar-refractivity contribution in [3.8, 4) is 11.5 Å². The molecule has 2 aliphatic heterocycles. The number of piperidine rings is 1. The Bertz CT molecular complexity index is 887. The highest BCUT2D eigenvalue weighted by atomic mass is 16.5. The summed E-state index contributed by atoms with van der Waals surface area (Å²) in [6, 6.07) is 13.8. The molecule has 2 aromatic rings. The summed E-state index contributed by atoms with van der Waals surface area (Å²) in [5.74, 6) is 1.17. The van der Waals surface area contributed by atoms with Crippen LogP contribution in [0.1, 0.15) is 32.3 Å². The van der Waals surface area contributed by atoms with E-state index in [-0.39, 0.29) is 18.1 Å². The molecule has 0 atom stereocenters. The maximum Gasteiger partial charge on any atom is 0.262 e. The Hall–Kier alpha value is -2.73. The molecule has 6 nitrogen and oxygen atoms in total. The highest BCUT2D eigenvalue weighted by molar-refractivity contribution is 5.92. The van der Waals surface area contributed by atoms with E-state index in [0.29, 0.717) is 11.9 Å². The van der Waals surface area contributed by atoms with Gasteiger partial charge >= 0.3 is 0 Å². The number of methoxy groups -OCH3 is 1. The lowest BCUT2D eigenvalue weighted by molar-refractivity contribution is -0.118. The lowest BCUT2D eigenvalue weighted by Crippen LogP contribution is -2.36. The number of hydrogen-bond donors (Lipinski definition) is 1. The molecule has 30 heavy (non-hydrogen) atoms. The van der Waals surface area contributed by atoms with Crippen molar-refractivity contribution in [3.05, 3.63) is 48.0 Å². The van der Waals surface area contributed by atoms with Gasteiger partial charge in [-0.2, -0.15) is 0 Å². The Balaban J connectivity index is 1.30. The zero-order valence-corrected chi connectivity index (χ0v) is 17.9. The molecule has 1 fully saturated rings. The van der Waals surface area contributed by atoms with Crippen molar-refractivity contribution < 1.29 is 19.0 Å². The van der Waals surface area contributed by atoms with Crippen LogP contribution in [-0.2, 0) is 16.0 Å². The first-order valence-corrected chi connectivity index (χ1v) is 10.5. The van der Waals surface area contributed by atoms with Crippen LogP contribution in [0.2, 0.25) is 0 Å². The van der Waals surface area contributed by atoms with Gasteiger partial charge in [-0.3, -0.25) is 4.79 Å². The van der Waals surface area contributed by atoms with E-state index in [9.17, 15) is 4.79 Å². The van der Waals surface area contributed by atoms with Crippen LogP contribution in [0, 0.1) is 0 Å². The van der Waals surface area contributed by atoms with Gasteiger partial charge in [-0.25, -0.2) is 0 Å². The Kier molecular flexibility index (Phi) is 5.86. The van der Waals surface area contributed by atoms with Gasteiger partial charge in [0.15, 0.2) is 18.1 Å². The van der Waals surface area contributed by atoms with Gasteiger partial charge in [-0.1, -0.05) is 12.1 Å². The van der Waals surface area contributed by atoms with Crippen molar-refractivity contribution in [2.75, 3.05) is 37.0 Å². The maximum atomic E-state index is 12.4. The largest absolute Gasteiger partial charge is 0.483 e. The Morgan fingerprint density at radius 2 is 1.90 bits per heavy atom. The third kappa shape index (κ3) is 4.70. The van der Waals surface area contributed by atoms with Crippen LogP contribution in [0.5, 0.6) is 11.5 Å². The normalized spacial score (nSPS) is 17.9. The zero-order chi connectivity index (χ0) is 21.1. The summed E-state index contributed by atoms with van der Waals surface area (Å²) in [4.78, 5) is 14.7. The minimum Gasteiger partial charge on any atom is -0.483 e. The van der Waals surface area contributed by atoms with Gasteiger partial charge in [0.2, 0.25) is 0 Å².